The summed E-state index contributed by atoms with van der Waals surface area (Å²) in [6.45, 7) is 4.25. The maximum absolute atomic E-state index is 12.5. The molecule has 38 heavy (non-hydrogen) atoms. The molecule has 0 aliphatic carbocycles. The van der Waals surface area contributed by atoms with Crippen LogP contribution < -0.4 is 0 Å². The first-order chi connectivity index (χ1) is 18.2. The van der Waals surface area contributed by atoms with Crippen LogP contribution in [0.3, 0.4) is 0 Å². The van der Waals surface area contributed by atoms with Crippen molar-refractivity contribution in [3.63, 3.8) is 0 Å². The summed E-state index contributed by atoms with van der Waals surface area (Å²) < 4.78 is 9.88. The molecular weight excluding hydrogens is 476 g/mol. The molecule has 0 bridgehead atoms. The third-order valence-electron chi connectivity index (χ3n) is 7.83. The summed E-state index contributed by atoms with van der Waals surface area (Å²) in [7, 11) is 2.87. The zero-order valence-corrected chi connectivity index (χ0v) is 23.8. The summed E-state index contributed by atoms with van der Waals surface area (Å²) in [6.07, 6.45) is 9.34. The van der Waals surface area contributed by atoms with Crippen molar-refractivity contribution >= 4 is 17.7 Å². The maximum Gasteiger partial charge on any atom is 0.306 e. The number of ether oxygens (including phenoxy) is 2. The van der Waals surface area contributed by atoms with E-state index >= 15 is 0 Å². The van der Waals surface area contributed by atoms with Crippen molar-refractivity contribution in [2.75, 3.05) is 14.2 Å². The number of Topliss-reactive ketones (excluding diaryl/α,β-unsaturated/α-hetero) is 1. The van der Waals surface area contributed by atoms with Gasteiger partial charge >= 0.3 is 11.9 Å². The smallest absolute Gasteiger partial charge is 0.306 e. The number of carbonyl (C=O) groups is 3. The van der Waals surface area contributed by atoms with Crippen LogP contribution in [0.25, 0.3) is 0 Å². The molecule has 0 aromatic heterocycles. The Hall–Kier alpha value is -2.95. The summed E-state index contributed by atoms with van der Waals surface area (Å²) in [4.78, 5) is 36.5. The van der Waals surface area contributed by atoms with E-state index in [0.29, 0.717) is 31.5 Å². The highest BCUT2D eigenvalue weighted by atomic mass is 16.5. The van der Waals surface area contributed by atoms with E-state index in [0.717, 1.165) is 62.5 Å². The van der Waals surface area contributed by atoms with Gasteiger partial charge in [0.05, 0.1) is 27.1 Å². The van der Waals surface area contributed by atoms with Gasteiger partial charge in [0.1, 0.15) is 5.78 Å². The second-order valence-corrected chi connectivity index (χ2v) is 11.0. The average molecular weight is 523 g/mol. The Balaban J connectivity index is 1.70. The molecule has 0 spiro atoms. The lowest BCUT2D eigenvalue weighted by Gasteiger charge is -2.29. The predicted octanol–water partition coefficient (Wildman–Crippen LogP) is 7.50. The van der Waals surface area contributed by atoms with Crippen molar-refractivity contribution in [2.45, 2.75) is 102 Å². The van der Waals surface area contributed by atoms with E-state index in [1.54, 1.807) is 0 Å². The fourth-order valence-electron chi connectivity index (χ4n) is 5.29. The monoisotopic (exact) mass is 522 g/mol. The minimum Gasteiger partial charge on any atom is -0.469 e. The van der Waals surface area contributed by atoms with Crippen LogP contribution in [0.2, 0.25) is 0 Å². The Kier molecular flexibility index (Phi) is 13.3. The van der Waals surface area contributed by atoms with Crippen LogP contribution in [0, 0.1) is 0 Å². The minimum atomic E-state index is -0.263. The number of rotatable bonds is 18. The molecule has 0 aliphatic rings. The van der Waals surface area contributed by atoms with Gasteiger partial charge in [-0.1, -0.05) is 100 Å². The van der Waals surface area contributed by atoms with Gasteiger partial charge in [0.2, 0.25) is 0 Å². The molecule has 2 atom stereocenters. The number of methoxy groups -OCH3 is 2. The van der Waals surface area contributed by atoms with E-state index in [2.05, 4.69) is 38.1 Å². The lowest BCUT2D eigenvalue weighted by molar-refractivity contribution is -0.143. The molecule has 2 rings (SSSR count). The fourth-order valence-corrected chi connectivity index (χ4v) is 5.29. The van der Waals surface area contributed by atoms with Gasteiger partial charge in [0.15, 0.2) is 0 Å². The molecule has 5 nitrogen and oxygen atoms in total. The second kappa shape index (κ2) is 16.1. The van der Waals surface area contributed by atoms with Gasteiger partial charge in [0, 0.05) is 23.7 Å². The minimum absolute atomic E-state index is 0.194. The lowest BCUT2D eigenvalue weighted by atomic mass is 9.75. The van der Waals surface area contributed by atoms with Crippen LogP contribution in [-0.4, -0.2) is 31.9 Å². The van der Waals surface area contributed by atoms with E-state index in [1.807, 2.05) is 36.4 Å². The van der Waals surface area contributed by atoms with E-state index < -0.39 is 0 Å². The third-order valence-corrected chi connectivity index (χ3v) is 7.83. The second-order valence-electron chi connectivity index (χ2n) is 11.0. The fraction of sp³-hybridized carbons (Fsp3) is 0.545. The first kappa shape index (κ1) is 31.3. The molecule has 5 heteroatoms. The van der Waals surface area contributed by atoms with Crippen molar-refractivity contribution in [3.05, 3.63) is 71.8 Å². The normalized spacial score (nSPS) is 14.2. The topological polar surface area (TPSA) is 69.7 Å². The molecule has 2 aromatic carbocycles. The van der Waals surface area contributed by atoms with E-state index in [4.69, 9.17) is 9.47 Å². The highest BCUT2D eigenvalue weighted by molar-refractivity contribution is 5.78. The SMILES string of the molecule is COC(=O)CC(C)(CCCCCC(=O)CCCCCC(C)(CC(=O)OC)c1ccccc1)c1ccccc1. The van der Waals surface area contributed by atoms with Crippen molar-refractivity contribution in [3.8, 4) is 0 Å². The molecular formula is C33H46O5. The van der Waals surface area contributed by atoms with Crippen LogP contribution >= 0.6 is 0 Å². The van der Waals surface area contributed by atoms with Gasteiger partial charge in [-0.2, -0.15) is 0 Å². The highest BCUT2D eigenvalue weighted by Crippen LogP contribution is 2.35. The molecule has 0 N–H and O–H groups in total. The van der Waals surface area contributed by atoms with Crippen LogP contribution in [0.1, 0.15) is 102 Å². The van der Waals surface area contributed by atoms with Crippen molar-refractivity contribution < 1.29 is 23.9 Å². The largest absolute Gasteiger partial charge is 0.469 e. The van der Waals surface area contributed by atoms with Gasteiger partial charge in [-0.15, -0.1) is 0 Å². The maximum atomic E-state index is 12.5. The molecule has 0 saturated carbocycles. The summed E-state index contributed by atoms with van der Waals surface area (Å²) in [5.41, 5.74) is 1.77. The Labute approximate surface area is 229 Å². The number of carbonyl (C=O) groups excluding carboxylic acids is 3. The van der Waals surface area contributed by atoms with Gasteiger partial charge in [-0.05, 0) is 36.8 Å². The lowest BCUT2D eigenvalue weighted by Crippen LogP contribution is -2.26. The molecule has 208 valence electrons. The zero-order valence-electron chi connectivity index (χ0n) is 23.8. The number of ketones is 1. The van der Waals surface area contributed by atoms with E-state index in [9.17, 15) is 14.4 Å². The van der Waals surface area contributed by atoms with Gasteiger partial charge in [-0.25, -0.2) is 0 Å². The van der Waals surface area contributed by atoms with Crippen LogP contribution in [-0.2, 0) is 34.7 Å². The number of unbranched alkanes of at least 4 members (excludes halogenated alkanes) is 4. The standard InChI is InChI=1S/C33H46O5/c1-32(25-30(35)37-3,27-17-9-5-10-18-27)23-15-7-13-21-29(34)22-14-8-16-24-33(2,26-31(36)38-4)28-19-11-6-12-20-28/h5-6,9-12,17-20H,7-8,13-16,21-26H2,1-4H3. The first-order valence-corrected chi connectivity index (χ1v) is 14.0. The van der Waals surface area contributed by atoms with Gasteiger partial charge in [-0.3, -0.25) is 14.4 Å². The summed E-state index contributed by atoms with van der Waals surface area (Å²) >= 11 is 0. The van der Waals surface area contributed by atoms with Crippen molar-refractivity contribution in [1.29, 1.82) is 0 Å². The van der Waals surface area contributed by atoms with Crippen LogP contribution in [0.15, 0.2) is 60.7 Å². The van der Waals surface area contributed by atoms with Gasteiger partial charge in [0.25, 0.3) is 0 Å². The number of benzene rings is 2. The quantitative estimate of drug-likeness (QED) is 0.150. The van der Waals surface area contributed by atoms with E-state index in [1.165, 1.54) is 14.2 Å². The zero-order chi connectivity index (χ0) is 27.9. The molecule has 0 saturated heterocycles. The van der Waals surface area contributed by atoms with Crippen molar-refractivity contribution in [2.24, 2.45) is 0 Å². The number of hydrogen-bond acceptors (Lipinski definition) is 5. The molecule has 0 amide bonds. The number of hydrogen-bond donors (Lipinski definition) is 0. The Bertz CT molecular complexity index is 907. The molecule has 0 heterocycles. The van der Waals surface area contributed by atoms with E-state index in [-0.39, 0.29) is 22.8 Å². The Morgan fingerprint density at radius 1 is 0.579 bits per heavy atom. The molecule has 2 unspecified atom stereocenters. The summed E-state index contributed by atoms with van der Waals surface area (Å²) in [5.74, 6) is -0.0624. The number of esters is 2. The van der Waals surface area contributed by atoms with Gasteiger partial charge < -0.3 is 9.47 Å². The Morgan fingerprint density at radius 2 is 0.947 bits per heavy atom. The molecule has 0 radical (unpaired) electrons. The first-order valence-electron chi connectivity index (χ1n) is 14.0. The predicted molar refractivity (Wildman–Crippen MR) is 152 cm³/mol. The van der Waals surface area contributed by atoms with Crippen LogP contribution in [0.5, 0.6) is 0 Å². The Morgan fingerprint density at radius 3 is 1.29 bits per heavy atom. The molecule has 2 aromatic rings. The summed E-state index contributed by atoms with van der Waals surface area (Å²) in [6, 6.07) is 20.3. The summed E-state index contributed by atoms with van der Waals surface area (Å²) in [5, 5.41) is 0. The highest BCUT2D eigenvalue weighted by Gasteiger charge is 2.30. The third kappa shape index (κ3) is 10.4. The molecule has 0 aliphatic heterocycles. The molecule has 0 fully saturated rings. The van der Waals surface area contributed by atoms with Crippen molar-refractivity contribution in [1.82, 2.24) is 0 Å². The average Bonchev–Trinajstić information content (AvgIpc) is 2.93. The van der Waals surface area contributed by atoms with Crippen LogP contribution in [0.4, 0.5) is 0 Å².